The molecule has 1 saturated heterocycles. The fraction of sp³-hybridized carbons (Fsp3) is 0.500. The van der Waals surface area contributed by atoms with E-state index in [1.165, 1.54) is 6.07 Å². The number of alkyl halides is 3. The molecule has 10 heteroatoms. The second-order valence-electron chi connectivity index (χ2n) is 5.88. The van der Waals surface area contributed by atoms with Crippen molar-refractivity contribution in [3.63, 3.8) is 0 Å². The predicted octanol–water partition coefficient (Wildman–Crippen LogP) is 2.04. The molecule has 1 aromatic carbocycles. The van der Waals surface area contributed by atoms with Crippen molar-refractivity contribution in [1.29, 1.82) is 0 Å². The molecule has 1 aromatic rings. The van der Waals surface area contributed by atoms with E-state index in [4.69, 9.17) is 9.47 Å². The van der Waals surface area contributed by atoms with Gasteiger partial charge in [0.25, 0.3) is 0 Å². The molecular formula is C16H17F3N2O4S. The van der Waals surface area contributed by atoms with Gasteiger partial charge in [-0.2, -0.15) is 13.2 Å². The number of hydrogen-bond donors (Lipinski definition) is 2. The van der Waals surface area contributed by atoms with Crippen LogP contribution in [0.5, 0.6) is 0 Å². The Balaban J connectivity index is 1.57. The van der Waals surface area contributed by atoms with Crippen molar-refractivity contribution in [3.8, 4) is 0 Å². The third kappa shape index (κ3) is 4.68. The van der Waals surface area contributed by atoms with Gasteiger partial charge in [0.15, 0.2) is 0 Å². The molecule has 0 unspecified atom stereocenters. The van der Waals surface area contributed by atoms with Gasteiger partial charge in [-0.3, -0.25) is 9.59 Å². The first-order chi connectivity index (χ1) is 12.3. The number of carbonyl (C=O) groups is 2. The molecule has 0 aromatic heterocycles. The molecular weight excluding hydrogens is 373 g/mol. The molecule has 0 bridgehead atoms. The summed E-state index contributed by atoms with van der Waals surface area (Å²) in [5, 5.41) is 4.43. The maximum absolute atomic E-state index is 12.8. The van der Waals surface area contributed by atoms with Crippen LogP contribution in [0.25, 0.3) is 0 Å². The predicted molar refractivity (Wildman–Crippen MR) is 87.9 cm³/mol. The van der Waals surface area contributed by atoms with Gasteiger partial charge in [-0.1, -0.05) is 0 Å². The SMILES string of the molecule is O=C(C[C@H]1Sc2ccc(C(F)(F)F)cc2NC1=O)NC[C@H]1COCCO1. The van der Waals surface area contributed by atoms with Crippen LogP contribution >= 0.6 is 11.8 Å². The Morgan fingerprint density at radius 3 is 2.85 bits per heavy atom. The molecule has 26 heavy (non-hydrogen) atoms. The quantitative estimate of drug-likeness (QED) is 0.823. The number of benzene rings is 1. The van der Waals surface area contributed by atoms with Crippen LogP contribution in [-0.4, -0.2) is 49.5 Å². The summed E-state index contributed by atoms with van der Waals surface area (Å²) in [6.07, 6.45) is -4.78. The molecule has 3 rings (SSSR count). The van der Waals surface area contributed by atoms with Crippen LogP contribution in [0.1, 0.15) is 12.0 Å². The van der Waals surface area contributed by atoms with Gasteiger partial charge in [0, 0.05) is 17.9 Å². The summed E-state index contributed by atoms with van der Waals surface area (Å²) in [4.78, 5) is 24.7. The zero-order chi connectivity index (χ0) is 18.7. The number of amides is 2. The molecule has 2 aliphatic rings. The zero-order valence-electron chi connectivity index (χ0n) is 13.6. The van der Waals surface area contributed by atoms with Crippen molar-refractivity contribution < 1.29 is 32.2 Å². The van der Waals surface area contributed by atoms with Gasteiger partial charge in [0.1, 0.15) is 0 Å². The summed E-state index contributed by atoms with van der Waals surface area (Å²) in [7, 11) is 0. The van der Waals surface area contributed by atoms with Gasteiger partial charge in [0.05, 0.1) is 42.4 Å². The fourth-order valence-electron chi connectivity index (χ4n) is 2.58. The second-order valence-corrected chi connectivity index (χ2v) is 7.12. The molecule has 142 valence electrons. The highest BCUT2D eigenvalue weighted by Crippen LogP contribution is 2.40. The lowest BCUT2D eigenvalue weighted by molar-refractivity contribution is -0.137. The van der Waals surface area contributed by atoms with Crippen molar-refractivity contribution in [3.05, 3.63) is 23.8 Å². The normalized spacial score (nSPS) is 23.1. The third-order valence-corrected chi connectivity index (χ3v) is 5.18. The lowest BCUT2D eigenvalue weighted by Gasteiger charge is -2.25. The molecule has 0 aliphatic carbocycles. The summed E-state index contributed by atoms with van der Waals surface area (Å²) in [5.41, 5.74) is -0.720. The maximum atomic E-state index is 12.8. The average molecular weight is 390 g/mol. The number of thioether (sulfide) groups is 1. The van der Waals surface area contributed by atoms with Crippen molar-refractivity contribution in [2.75, 3.05) is 31.7 Å². The standard InChI is InChI=1S/C16H17F3N2O4S/c17-16(18,19)9-1-2-12-11(5-9)21-15(23)13(26-12)6-14(22)20-7-10-8-24-3-4-25-10/h1-2,5,10,13H,3-4,6-8H2,(H,20,22)(H,21,23)/t10-,13+/m0/s1. The molecule has 2 heterocycles. The topological polar surface area (TPSA) is 76.7 Å². The number of nitrogens with one attached hydrogen (secondary N) is 2. The number of anilines is 1. The van der Waals surface area contributed by atoms with Crippen molar-refractivity contribution in [2.24, 2.45) is 0 Å². The minimum Gasteiger partial charge on any atom is -0.376 e. The van der Waals surface area contributed by atoms with E-state index in [2.05, 4.69) is 10.6 Å². The van der Waals surface area contributed by atoms with Gasteiger partial charge in [-0.15, -0.1) is 11.8 Å². The van der Waals surface area contributed by atoms with Crippen molar-refractivity contribution in [1.82, 2.24) is 5.32 Å². The summed E-state index contributed by atoms with van der Waals surface area (Å²) in [6.45, 7) is 1.67. The van der Waals surface area contributed by atoms with Gasteiger partial charge in [0.2, 0.25) is 11.8 Å². The molecule has 1 fully saturated rings. The maximum Gasteiger partial charge on any atom is 0.416 e. The first-order valence-electron chi connectivity index (χ1n) is 7.98. The van der Waals surface area contributed by atoms with Crippen LogP contribution in [0.15, 0.2) is 23.1 Å². The minimum absolute atomic E-state index is 0.0788. The molecule has 0 radical (unpaired) electrons. The molecule has 2 amide bonds. The number of carbonyl (C=O) groups excluding carboxylic acids is 2. The Morgan fingerprint density at radius 1 is 1.35 bits per heavy atom. The minimum atomic E-state index is -4.48. The van der Waals surface area contributed by atoms with Crippen LogP contribution in [-0.2, 0) is 25.2 Å². The number of ether oxygens (including phenoxy) is 2. The monoisotopic (exact) mass is 390 g/mol. The van der Waals surface area contributed by atoms with E-state index in [1.54, 1.807) is 0 Å². The van der Waals surface area contributed by atoms with E-state index in [0.717, 1.165) is 23.9 Å². The Labute approximate surface area is 151 Å². The van der Waals surface area contributed by atoms with Crippen LogP contribution < -0.4 is 10.6 Å². The molecule has 0 spiro atoms. The molecule has 2 atom stereocenters. The third-order valence-electron chi connectivity index (χ3n) is 3.91. The first kappa shape index (κ1) is 19.0. The molecule has 2 N–H and O–H groups in total. The highest BCUT2D eigenvalue weighted by atomic mass is 32.2. The van der Waals surface area contributed by atoms with Crippen molar-refractivity contribution >= 4 is 29.3 Å². The van der Waals surface area contributed by atoms with Gasteiger partial charge < -0.3 is 20.1 Å². The number of halogens is 3. The van der Waals surface area contributed by atoms with Crippen LogP contribution in [0, 0.1) is 0 Å². The number of hydrogen-bond acceptors (Lipinski definition) is 5. The highest BCUT2D eigenvalue weighted by molar-refractivity contribution is 8.01. The van der Waals surface area contributed by atoms with Gasteiger partial charge >= 0.3 is 6.18 Å². The fourth-order valence-corrected chi connectivity index (χ4v) is 3.67. The van der Waals surface area contributed by atoms with E-state index in [1.807, 2.05) is 0 Å². The lowest BCUT2D eigenvalue weighted by atomic mass is 10.1. The Morgan fingerprint density at radius 2 is 2.15 bits per heavy atom. The first-order valence-corrected chi connectivity index (χ1v) is 8.85. The summed E-state index contributed by atoms with van der Waals surface area (Å²) in [5.74, 6) is -0.823. The highest BCUT2D eigenvalue weighted by Gasteiger charge is 2.34. The second kappa shape index (κ2) is 7.85. The largest absolute Gasteiger partial charge is 0.416 e. The summed E-state index contributed by atoms with van der Waals surface area (Å²) >= 11 is 1.08. The van der Waals surface area contributed by atoms with E-state index < -0.39 is 22.9 Å². The summed E-state index contributed by atoms with van der Waals surface area (Å²) in [6, 6.07) is 3.16. The van der Waals surface area contributed by atoms with Crippen LogP contribution in [0.3, 0.4) is 0 Å². The lowest BCUT2D eigenvalue weighted by Crippen LogP contribution is -2.41. The van der Waals surface area contributed by atoms with Crippen molar-refractivity contribution in [2.45, 2.75) is 28.8 Å². The molecule has 6 nitrogen and oxygen atoms in total. The zero-order valence-corrected chi connectivity index (χ0v) is 14.4. The smallest absolute Gasteiger partial charge is 0.376 e. The average Bonchev–Trinajstić information content (AvgIpc) is 2.60. The Bertz CT molecular complexity index is 693. The molecule has 0 saturated carbocycles. The van der Waals surface area contributed by atoms with Crippen LogP contribution in [0.4, 0.5) is 18.9 Å². The Hall–Kier alpha value is -1.78. The van der Waals surface area contributed by atoms with Gasteiger partial charge in [-0.25, -0.2) is 0 Å². The molecule has 2 aliphatic heterocycles. The van der Waals surface area contributed by atoms with Gasteiger partial charge in [-0.05, 0) is 18.2 Å². The number of rotatable bonds is 4. The van der Waals surface area contributed by atoms with E-state index in [-0.39, 0.29) is 30.7 Å². The number of fused-ring (bicyclic) bond motifs is 1. The van der Waals surface area contributed by atoms with E-state index in [9.17, 15) is 22.8 Å². The van der Waals surface area contributed by atoms with E-state index >= 15 is 0 Å². The van der Waals surface area contributed by atoms with E-state index in [0.29, 0.717) is 24.7 Å². The summed E-state index contributed by atoms with van der Waals surface area (Å²) < 4.78 is 48.9. The van der Waals surface area contributed by atoms with Crippen LogP contribution in [0.2, 0.25) is 0 Å². The Kier molecular flexibility index (Phi) is 5.73.